The summed E-state index contributed by atoms with van der Waals surface area (Å²) >= 11 is 6.00. The average Bonchev–Trinajstić information content (AvgIpc) is 2.76. The summed E-state index contributed by atoms with van der Waals surface area (Å²) in [5.74, 6) is 0.532. The molecule has 0 saturated heterocycles. The molecule has 1 unspecified atom stereocenters. The fraction of sp³-hybridized carbons (Fsp3) is 0.333. The van der Waals surface area contributed by atoms with E-state index in [1.807, 2.05) is 18.5 Å². The number of hydrogen-bond donors (Lipinski definition) is 1. The van der Waals surface area contributed by atoms with E-state index in [0.29, 0.717) is 11.6 Å². The highest BCUT2D eigenvalue weighted by molar-refractivity contribution is 6.31. The molecule has 0 radical (unpaired) electrons. The Morgan fingerprint density at radius 3 is 2.94 bits per heavy atom. The molecule has 0 aliphatic heterocycles. The summed E-state index contributed by atoms with van der Waals surface area (Å²) in [7, 11) is 1.88. The van der Waals surface area contributed by atoms with Crippen LogP contribution in [0.4, 0.5) is 4.39 Å². The minimum absolute atomic E-state index is 0.0110. The molecule has 0 saturated carbocycles. The van der Waals surface area contributed by atoms with Gasteiger partial charge in [0, 0.05) is 18.6 Å². The zero-order valence-corrected chi connectivity index (χ0v) is 10.9. The molecule has 0 aliphatic rings. The van der Waals surface area contributed by atoms with Crippen LogP contribution < -0.4 is 5.32 Å². The molecule has 0 fully saturated rings. The number of nitrogens with zero attached hydrogens (tertiary/aromatic N) is 3. The smallest absolute Gasteiger partial charge is 0.149 e. The molecular formula is C12H14ClFN4. The van der Waals surface area contributed by atoms with Crippen LogP contribution in [-0.4, -0.2) is 14.8 Å². The predicted molar refractivity (Wildman–Crippen MR) is 67.7 cm³/mol. The van der Waals surface area contributed by atoms with Crippen molar-refractivity contribution in [3.63, 3.8) is 0 Å². The summed E-state index contributed by atoms with van der Waals surface area (Å²) in [6, 6.07) is 4.34. The van der Waals surface area contributed by atoms with Gasteiger partial charge >= 0.3 is 0 Å². The lowest BCUT2D eigenvalue weighted by Gasteiger charge is -2.13. The van der Waals surface area contributed by atoms with Crippen molar-refractivity contribution in [2.75, 3.05) is 0 Å². The second-order valence-electron chi connectivity index (χ2n) is 4.14. The molecule has 18 heavy (non-hydrogen) atoms. The molecule has 2 rings (SSSR count). The van der Waals surface area contributed by atoms with Crippen molar-refractivity contribution < 1.29 is 4.39 Å². The van der Waals surface area contributed by atoms with Crippen molar-refractivity contribution in [1.82, 2.24) is 20.1 Å². The highest BCUT2D eigenvalue weighted by Gasteiger charge is 2.11. The normalized spacial score (nSPS) is 12.7. The second-order valence-corrected chi connectivity index (χ2v) is 4.55. The van der Waals surface area contributed by atoms with Crippen molar-refractivity contribution in [2.45, 2.75) is 19.5 Å². The first kappa shape index (κ1) is 13.0. The number of halogens is 2. The number of benzene rings is 1. The van der Waals surface area contributed by atoms with Gasteiger partial charge in [-0.1, -0.05) is 11.6 Å². The number of aryl methyl sites for hydroxylation is 1. The number of aromatic nitrogens is 3. The van der Waals surface area contributed by atoms with Gasteiger partial charge in [-0.25, -0.2) is 4.39 Å². The molecule has 1 atom stereocenters. The lowest BCUT2D eigenvalue weighted by atomic mass is 10.2. The van der Waals surface area contributed by atoms with E-state index in [4.69, 9.17) is 11.6 Å². The molecule has 96 valence electrons. The van der Waals surface area contributed by atoms with E-state index in [1.165, 1.54) is 12.1 Å². The van der Waals surface area contributed by atoms with Crippen LogP contribution in [-0.2, 0) is 13.6 Å². The van der Waals surface area contributed by atoms with Gasteiger partial charge in [-0.2, -0.15) is 0 Å². The van der Waals surface area contributed by atoms with Gasteiger partial charge in [-0.05, 0) is 30.7 Å². The van der Waals surface area contributed by atoms with Crippen LogP contribution in [0.3, 0.4) is 0 Å². The van der Waals surface area contributed by atoms with E-state index in [-0.39, 0.29) is 11.9 Å². The second kappa shape index (κ2) is 5.46. The quantitative estimate of drug-likeness (QED) is 0.926. The van der Waals surface area contributed by atoms with Crippen molar-refractivity contribution in [2.24, 2.45) is 7.05 Å². The van der Waals surface area contributed by atoms with Gasteiger partial charge in [0.05, 0.1) is 6.04 Å². The Morgan fingerprint density at radius 1 is 1.50 bits per heavy atom. The third-order valence-electron chi connectivity index (χ3n) is 2.74. The maximum Gasteiger partial charge on any atom is 0.149 e. The molecule has 1 aromatic heterocycles. The Morgan fingerprint density at radius 2 is 2.28 bits per heavy atom. The van der Waals surface area contributed by atoms with Crippen molar-refractivity contribution in [3.8, 4) is 0 Å². The molecule has 4 nitrogen and oxygen atoms in total. The Kier molecular flexibility index (Phi) is 3.93. The standard InChI is InChI=1S/C12H14ClFN4/c1-8(12-17-16-7-18(12)2)15-6-9-5-10(14)3-4-11(9)13/h3-5,7-8,15H,6H2,1-2H3. The van der Waals surface area contributed by atoms with Crippen molar-refractivity contribution >= 4 is 11.6 Å². The number of hydrogen-bond acceptors (Lipinski definition) is 3. The number of nitrogens with one attached hydrogen (secondary N) is 1. The van der Waals surface area contributed by atoms with E-state index in [1.54, 1.807) is 12.4 Å². The maximum atomic E-state index is 13.1. The van der Waals surface area contributed by atoms with Gasteiger partial charge in [0.1, 0.15) is 18.0 Å². The molecule has 0 aliphatic carbocycles. The Labute approximate surface area is 110 Å². The third-order valence-corrected chi connectivity index (χ3v) is 3.11. The summed E-state index contributed by atoms with van der Waals surface area (Å²) in [6.07, 6.45) is 1.64. The molecule has 0 bridgehead atoms. The third kappa shape index (κ3) is 2.86. The van der Waals surface area contributed by atoms with Gasteiger partial charge < -0.3 is 9.88 Å². The molecule has 1 heterocycles. The van der Waals surface area contributed by atoms with Crippen LogP contribution >= 0.6 is 11.6 Å². The van der Waals surface area contributed by atoms with Crippen LogP contribution in [0.1, 0.15) is 24.4 Å². The van der Waals surface area contributed by atoms with Gasteiger partial charge in [0.15, 0.2) is 0 Å². The fourth-order valence-electron chi connectivity index (χ4n) is 1.72. The lowest BCUT2D eigenvalue weighted by molar-refractivity contribution is 0.526. The predicted octanol–water partition coefficient (Wildman–Crippen LogP) is 2.46. The van der Waals surface area contributed by atoms with E-state index >= 15 is 0 Å². The first-order valence-corrected chi connectivity index (χ1v) is 5.97. The fourth-order valence-corrected chi connectivity index (χ4v) is 1.90. The molecule has 6 heteroatoms. The van der Waals surface area contributed by atoms with Crippen molar-refractivity contribution in [1.29, 1.82) is 0 Å². The highest BCUT2D eigenvalue weighted by Crippen LogP contribution is 2.18. The van der Waals surface area contributed by atoms with Crippen LogP contribution in [0, 0.1) is 5.82 Å². The zero-order valence-electron chi connectivity index (χ0n) is 10.2. The van der Waals surface area contributed by atoms with Crippen LogP contribution in [0.2, 0.25) is 5.02 Å². The Hall–Kier alpha value is -1.46. The first-order chi connectivity index (χ1) is 8.58. The van der Waals surface area contributed by atoms with Crippen molar-refractivity contribution in [3.05, 3.63) is 46.8 Å². The molecular weight excluding hydrogens is 255 g/mol. The summed E-state index contributed by atoms with van der Waals surface area (Å²) in [5, 5.41) is 11.6. The highest BCUT2D eigenvalue weighted by atomic mass is 35.5. The topological polar surface area (TPSA) is 42.7 Å². The minimum atomic E-state index is -0.289. The SMILES string of the molecule is CC(NCc1cc(F)ccc1Cl)c1nncn1C. The average molecular weight is 269 g/mol. The largest absolute Gasteiger partial charge is 0.319 e. The summed E-state index contributed by atoms with van der Waals surface area (Å²) in [4.78, 5) is 0. The van der Waals surface area contributed by atoms with Gasteiger partial charge in [-0.3, -0.25) is 0 Å². The monoisotopic (exact) mass is 268 g/mol. The molecule has 0 spiro atoms. The van der Waals surface area contributed by atoms with E-state index < -0.39 is 0 Å². The van der Waals surface area contributed by atoms with Gasteiger partial charge in [-0.15, -0.1) is 10.2 Å². The summed E-state index contributed by atoms with van der Waals surface area (Å²) in [6.45, 7) is 2.45. The molecule has 1 N–H and O–H groups in total. The van der Waals surface area contributed by atoms with Crippen LogP contribution in [0.25, 0.3) is 0 Å². The lowest BCUT2D eigenvalue weighted by Crippen LogP contribution is -2.21. The van der Waals surface area contributed by atoms with E-state index in [0.717, 1.165) is 11.4 Å². The van der Waals surface area contributed by atoms with E-state index in [2.05, 4.69) is 15.5 Å². The number of rotatable bonds is 4. The van der Waals surface area contributed by atoms with Gasteiger partial charge in [0.25, 0.3) is 0 Å². The molecule has 2 aromatic rings. The van der Waals surface area contributed by atoms with Crippen LogP contribution in [0.15, 0.2) is 24.5 Å². The molecule has 1 aromatic carbocycles. The summed E-state index contributed by atoms with van der Waals surface area (Å²) in [5.41, 5.74) is 0.727. The molecule has 0 amide bonds. The minimum Gasteiger partial charge on any atom is -0.319 e. The summed E-state index contributed by atoms with van der Waals surface area (Å²) < 4.78 is 14.9. The maximum absolute atomic E-state index is 13.1. The first-order valence-electron chi connectivity index (χ1n) is 5.59. The Balaban J connectivity index is 2.03. The Bertz CT molecular complexity index is 541. The van der Waals surface area contributed by atoms with E-state index in [9.17, 15) is 4.39 Å². The van der Waals surface area contributed by atoms with Crippen LogP contribution in [0.5, 0.6) is 0 Å². The van der Waals surface area contributed by atoms with Gasteiger partial charge in [0.2, 0.25) is 0 Å². The zero-order chi connectivity index (χ0) is 13.1.